The maximum atomic E-state index is 12.4. The summed E-state index contributed by atoms with van der Waals surface area (Å²) in [5.41, 5.74) is 3.14. The van der Waals surface area contributed by atoms with Crippen molar-refractivity contribution in [2.24, 2.45) is 0 Å². The normalized spacial score (nSPS) is 17.0. The van der Waals surface area contributed by atoms with Gasteiger partial charge in [0, 0.05) is 13.2 Å². The fourth-order valence-corrected chi connectivity index (χ4v) is 2.75. The highest BCUT2D eigenvalue weighted by Gasteiger charge is 2.29. The summed E-state index contributed by atoms with van der Waals surface area (Å²) in [6.07, 6.45) is 3.69. The van der Waals surface area contributed by atoms with E-state index in [4.69, 9.17) is 0 Å². The molecule has 0 fully saturated rings. The number of nitrogens with zero attached hydrogens (tertiary/aromatic N) is 2. The number of carbonyl (C=O) groups is 1. The van der Waals surface area contributed by atoms with Gasteiger partial charge in [-0.2, -0.15) is 0 Å². The van der Waals surface area contributed by atoms with Gasteiger partial charge in [-0.15, -0.1) is 0 Å². The number of hydrogen-bond donors (Lipinski definition) is 0. The Balaban J connectivity index is 1.86. The van der Waals surface area contributed by atoms with Gasteiger partial charge in [0.2, 0.25) is 0 Å². The molecule has 1 heterocycles. The van der Waals surface area contributed by atoms with Gasteiger partial charge in [0.25, 0.3) is 5.91 Å². The Morgan fingerprint density at radius 2 is 2.00 bits per heavy atom. The number of aromatic nitrogens is 1. The van der Waals surface area contributed by atoms with E-state index in [-0.39, 0.29) is 11.9 Å². The van der Waals surface area contributed by atoms with Gasteiger partial charge >= 0.3 is 0 Å². The lowest BCUT2D eigenvalue weighted by atomic mass is 10.1. The molecule has 0 spiro atoms. The van der Waals surface area contributed by atoms with Crippen LogP contribution in [0.1, 0.15) is 34.1 Å². The molecule has 0 N–H and O–H groups in total. The van der Waals surface area contributed by atoms with E-state index >= 15 is 0 Å². The van der Waals surface area contributed by atoms with Crippen molar-refractivity contribution in [2.45, 2.75) is 18.9 Å². The molecule has 0 saturated carbocycles. The fourth-order valence-electron chi connectivity index (χ4n) is 2.75. The van der Waals surface area contributed by atoms with Crippen LogP contribution < -0.4 is 0 Å². The first kappa shape index (κ1) is 11.9. The second-order valence-corrected chi connectivity index (χ2v) is 4.88. The molecule has 1 atom stereocenters. The third-order valence-corrected chi connectivity index (χ3v) is 3.77. The lowest BCUT2D eigenvalue weighted by Gasteiger charge is -2.25. The Morgan fingerprint density at radius 3 is 2.79 bits per heavy atom. The van der Waals surface area contributed by atoms with Crippen molar-refractivity contribution in [3.8, 4) is 0 Å². The Bertz CT molecular complexity index is 595. The summed E-state index contributed by atoms with van der Waals surface area (Å²) in [6, 6.07) is 14.0. The zero-order chi connectivity index (χ0) is 13.2. The van der Waals surface area contributed by atoms with Crippen LogP contribution in [0.2, 0.25) is 0 Å². The van der Waals surface area contributed by atoms with Crippen LogP contribution in [0.25, 0.3) is 0 Å². The summed E-state index contributed by atoms with van der Waals surface area (Å²) in [4.78, 5) is 18.4. The SMILES string of the molecule is CN(C(=O)c1ccccn1)C1CCc2ccccc21. The highest BCUT2D eigenvalue weighted by Crippen LogP contribution is 2.35. The highest BCUT2D eigenvalue weighted by atomic mass is 16.2. The summed E-state index contributed by atoms with van der Waals surface area (Å²) < 4.78 is 0. The van der Waals surface area contributed by atoms with Crippen LogP contribution in [0.3, 0.4) is 0 Å². The number of fused-ring (bicyclic) bond motifs is 1. The molecule has 1 amide bonds. The molecule has 2 aromatic rings. The standard InChI is InChI=1S/C16H16N2O/c1-18(16(19)14-8-4-5-11-17-14)15-10-9-12-6-2-3-7-13(12)15/h2-8,11,15H,9-10H2,1H3. The lowest BCUT2D eigenvalue weighted by molar-refractivity contribution is 0.0724. The maximum Gasteiger partial charge on any atom is 0.272 e. The van der Waals surface area contributed by atoms with E-state index < -0.39 is 0 Å². The first-order chi connectivity index (χ1) is 9.27. The van der Waals surface area contributed by atoms with Gasteiger partial charge in [-0.3, -0.25) is 9.78 Å². The minimum absolute atomic E-state index is 0.0118. The van der Waals surface area contributed by atoms with Crippen molar-refractivity contribution in [2.75, 3.05) is 7.05 Å². The van der Waals surface area contributed by atoms with Crippen molar-refractivity contribution in [3.05, 3.63) is 65.5 Å². The largest absolute Gasteiger partial charge is 0.333 e. The first-order valence-electron chi connectivity index (χ1n) is 6.53. The predicted molar refractivity (Wildman–Crippen MR) is 73.8 cm³/mol. The van der Waals surface area contributed by atoms with E-state index in [1.54, 1.807) is 12.3 Å². The van der Waals surface area contributed by atoms with E-state index in [0.29, 0.717) is 5.69 Å². The number of rotatable bonds is 2. The topological polar surface area (TPSA) is 33.2 Å². The maximum absolute atomic E-state index is 12.4. The molecule has 3 heteroatoms. The molecule has 1 aliphatic carbocycles. The second kappa shape index (κ2) is 4.84. The molecular formula is C16H16N2O. The monoisotopic (exact) mass is 252 g/mol. The minimum atomic E-state index is -0.0118. The van der Waals surface area contributed by atoms with E-state index in [0.717, 1.165) is 12.8 Å². The summed E-state index contributed by atoms with van der Waals surface area (Å²) >= 11 is 0. The average Bonchev–Trinajstić information content (AvgIpc) is 2.90. The lowest BCUT2D eigenvalue weighted by Crippen LogP contribution is -2.30. The molecule has 1 aliphatic rings. The van der Waals surface area contributed by atoms with Crippen molar-refractivity contribution in [3.63, 3.8) is 0 Å². The molecule has 0 radical (unpaired) electrons. The fraction of sp³-hybridized carbons (Fsp3) is 0.250. The van der Waals surface area contributed by atoms with Gasteiger partial charge in [-0.1, -0.05) is 30.3 Å². The molecular weight excluding hydrogens is 236 g/mol. The Kier molecular flexibility index (Phi) is 3.03. The molecule has 1 unspecified atom stereocenters. The molecule has 0 bridgehead atoms. The molecule has 19 heavy (non-hydrogen) atoms. The van der Waals surface area contributed by atoms with Gasteiger partial charge in [0.15, 0.2) is 0 Å². The third kappa shape index (κ3) is 2.12. The molecule has 0 aliphatic heterocycles. The summed E-state index contributed by atoms with van der Waals surface area (Å²) in [5.74, 6) is -0.0118. The molecule has 1 aromatic heterocycles. The Morgan fingerprint density at radius 1 is 1.21 bits per heavy atom. The first-order valence-corrected chi connectivity index (χ1v) is 6.53. The van der Waals surface area contributed by atoms with E-state index in [1.807, 2.05) is 30.1 Å². The van der Waals surface area contributed by atoms with Gasteiger partial charge in [-0.25, -0.2) is 0 Å². The summed E-state index contributed by atoms with van der Waals surface area (Å²) in [6.45, 7) is 0. The molecule has 1 aromatic carbocycles. The van der Waals surface area contributed by atoms with E-state index in [9.17, 15) is 4.79 Å². The predicted octanol–water partition coefficient (Wildman–Crippen LogP) is 2.84. The van der Waals surface area contributed by atoms with Crippen molar-refractivity contribution in [1.82, 2.24) is 9.88 Å². The van der Waals surface area contributed by atoms with E-state index in [1.165, 1.54) is 11.1 Å². The Labute approximate surface area is 112 Å². The Hall–Kier alpha value is -2.16. The summed E-state index contributed by atoms with van der Waals surface area (Å²) in [5, 5.41) is 0. The van der Waals surface area contributed by atoms with Crippen LogP contribution in [0.15, 0.2) is 48.7 Å². The van der Waals surface area contributed by atoms with Crippen LogP contribution >= 0.6 is 0 Å². The molecule has 3 rings (SSSR count). The molecule has 3 nitrogen and oxygen atoms in total. The van der Waals surface area contributed by atoms with Gasteiger partial charge in [0.1, 0.15) is 5.69 Å². The zero-order valence-electron chi connectivity index (χ0n) is 10.9. The molecule has 0 saturated heterocycles. The second-order valence-electron chi connectivity index (χ2n) is 4.88. The number of carbonyl (C=O) groups excluding carboxylic acids is 1. The number of amides is 1. The highest BCUT2D eigenvalue weighted by molar-refractivity contribution is 5.92. The third-order valence-electron chi connectivity index (χ3n) is 3.77. The van der Waals surface area contributed by atoms with Gasteiger partial charge < -0.3 is 4.90 Å². The average molecular weight is 252 g/mol. The quantitative estimate of drug-likeness (QED) is 0.823. The number of aryl methyl sites for hydroxylation is 1. The zero-order valence-corrected chi connectivity index (χ0v) is 10.9. The van der Waals surface area contributed by atoms with Crippen molar-refractivity contribution < 1.29 is 4.79 Å². The van der Waals surface area contributed by atoms with E-state index in [2.05, 4.69) is 23.2 Å². The van der Waals surface area contributed by atoms with Crippen molar-refractivity contribution >= 4 is 5.91 Å². The number of pyridine rings is 1. The van der Waals surface area contributed by atoms with Gasteiger partial charge in [-0.05, 0) is 36.1 Å². The van der Waals surface area contributed by atoms with Crippen LogP contribution in [-0.2, 0) is 6.42 Å². The number of benzene rings is 1. The van der Waals surface area contributed by atoms with Crippen LogP contribution in [0.4, 0.5) is 0 Å². The van der Waals surface area contributed by atoms with Crippen molar-refractivity contribution in [1.29, 1.82) is 0 Å². The molecule has 96 valence electrons. The van der Waals surface area contributed by atoms with Crippen LogP contribution in [-0.4, -0.2) is 22.8 Å². The smallest absolute Gasteiger partial charge is 0.272 e. The summed E-state index contributed by atoms with van der Waals surface area (Å²) in [7, 11) is 1.86. The number of hydrogen-bond acceptors (Lipinski definition) is 2. The minimum Gasteiger partial charge on any atom is -0.333 e. The van der Waals surface area contributed by atoms with Crippen LogP contribution in [0.5, 0.6) is 0 Å². The van der Waals surface area contributed by atoms with Gasteiger partial charge in [0.05, 0.1) is 6.04 Å². The van der Waals surface area contributed by atoms with Crippen LogP contribution in [0, 0.1) is 0 Å².